The van der Waals surface area contributed by atoms with Crippen LogP contribution < -0.4 is 9.47 Å². The molecule has 2 N–H and O–H groups in total. The Hall–Kier alpha value is -3.07. The molecule has 0 spiro atoms. The maximum absolute atomic E-state index is 12.2. The minimum atomic E-state index is -4.71. The van der Waals surface area contributed by atoms with Gasteiger partial charge >= 0.3 is 6.36 Å². The molecule has 0 unspecified atom stereocenters. The predicted octanol–water partition coefficient (Wildman–Crippen LogP) is 3.65. The van der Waals surface area contributed by atoms with Crippen molar-refractivity contribution in [2.75, 3.05) is 0 Å². The van der Waals surface area contributed by atoms with E-state index in [1.54, 1.807) is 24.3 Å². The molecule has 0 saturated heterocycles. The van der Waals surface area contributed by atoms with Crippen molar-refractivity contribution in [1.82, 2.24) is 15.4 Å². The van der Waals surface area contributed by atoms with Crippen molar-refractivity contribution >= 4 is 0 Å². The first-order valence-electron chi connectivity index (χ1n) is 7.09. The SMILES string of the molecule is OCc1n[nH]nc1Oc1ccc(-c2ccc(OC(F)(F)F)cc2)cc1. The van der Waals surface area contributed by atoms with Gasteiger partial charge in [-0.25, -0.2) is 0 Å². The zero-order valence-corrected chi connectivity index (χ0v) is 12.6. The summed E-state index contributed by atoms with van der Waals surface area (Å²) < 4.78 is 45.8. The van der Waals surface area contributed by atoms with Gasteiger partial charge in [-0.15, -0.1) is 18.3 Å². The molecule has 2 aromatic carbocycles. The lowest BCUT2D eigenvalue weighted by molar-refractivity contribution is -0.274. The molecule has 0 bridgehead atoms. The molecule has 9 heteroatoms. The summed E-state index contributed by atoms with van der Waals surface area (Å²) in [7, 11) is 0. The van der Waals surface area contributed by atoms with Gasteiger partial charge in [0.1, 0.15) is 11.5 Å². The first-order chi connectivity index (χ1) is 11.9. The third kappa shape index (κ3) is 4.27. The van der Waals surface area contributed by atoms with E-state index < -0.39 is 6.36 Å². The fraction of sp³-hybridized carbons (Fsp3) is 0.125. The highest BCUT2D eigenvalue weighted by Crippen LogP contribution is 2.28. The minimum Gasteiger partial charge on any atom is -0.436 e. The third-order valence-electron chi connectivity index (χ3n) is 3.22. The Bertz CT molecular complexity index is 830. The highest BCUT2D eigenvalue weighted by atomic mass is 19.4. The lowest BCUT2D eigenvalue weighted by Crippen LogP contribution is -2.16. The lowest BCUT2D eigenvalue weighted by Gasteiger charge is -2.09. The number of aliphatic hydroxyl groups is 1. The highest BCUT2D eigenvalue weighted by Gasteiger charge is 2.30. The molecule has 1 aromatic heterocycles. The molecule has 0 radical (unpaired) electrons. The molecule has 0 aliphatic carbocycles. The molecule has 0 aliphatic heterocycles. The second kappa shape index (κ2) is 6.81. The van der Waals surface area contributed by atoms with Gasteiger partial charge in [-0.3, -0.25) is 0 Å². The second-order valence-electron chi connectivity index (χ2n) is 4.93. The molecule has 0 saturated carbocycles. The number of nitrogens with one attached hydrogen (secondary N) is 1. The molecule has 130 valence electrons. The number of alkyl halides is 3. The fourth-order valence-electron chi connectivity index (χ4n) is 2.10. The van der Waals surface area contributed by atoms with E-state index >= 15 is 0 Å². The number of aromatic nitrogens is 3. The van der Waals surface area contributed by atoms with Crippen LogP contribution in [0.2, 0.25) is 0 Å². The predicted molar refractivity (Wildman–Crippen MR) is 80.9 cm³/mol. The number of hydrogen-bond donors (Lipinski definition) is 2. The number of aliphatic hydroxyl groups excluding tert-OH is 1. The first kappa shape index (κ1) is 16.8. The van der Waals surface area contributed by atoms with Crippen molar-refractivity contribution in [2.24, 2.45) is 0 Å². The average Bonchev–Trinajstić information content (AvgIpc) is 3.02. The Labute approximate surface area is 139 Å². The lowest BCUT2D eigenvalue weighted by atomic mass is 10.1. The maximum Gasteiger partial charge on any atom is 0.573 e. The summed E-state index contributed by atoms with van der Waals surface area (Å²) in [6.45, 7) is -0.309. The van der Waals surface area contributed by atoms with Gasteiger partial charge in [-0.1, -0.05) is 24.3 Å². The average molecular weight is 351 g/mol. The number of benzene rings is 2. The van der Waals surface area contributed by atoms with Gasteiger partial charge in [-0.2, -0.15) is 10.3 Å². The Morgan fingerprint density at radius 3 is 1.96 bits per heavy atom. The number of rotatable bonds is 5. The van der Waals surface area contributed by atoms with E-state index in [4.69, 9.17) is 9.84 Å². The minimum absolute atomic E-state index is 0.170. The smallest absolute Gasteiger partial charge is 0.436 e. The second-order valence-corrected chi connectivity index (χ2v) is 4.93. The monoisotopic (exact) mass is 351 g/mol. The molecule has 3 aromatic rings. The topological polar surface area (TPSA) is 80.3 Å². The summed E-state index contributed by atoms with van der Waals surface area (Å²) in [5, 5.41) is 18.9. The summed E-state index contributed by atoms with van der Waals surface area (Å²) >= 11 is 0. The molecule has 0 aliphatic rings. The van der Waals surface area contributed by atoms with Crippen LogP contribution in [0.15, 0.2) is 48.5 Å². The van der Waals surface area contributed by atoms with E-state index in [0.717, 1.165) is 11.1 Å². The Kier molecular flexibility index (Phi) is 4.57. The molecule has 3 rings (SSSR count). The van der Waals surface area contributed by atoms with Crippen molar-refractivity contribution in [3.63, 3.8) is 0 Å². The summed E-state index contributed by atoms with van der Waals surface area (Å²) in [5.41, 5.74) is 1.79. The van der Waals surface area contributed by atoms with E-state index in [1.165, 1.54) is 24.3 Å². The van der Waals surface area contributed by atoms with E-state index in [1.807, 2.05) is 0 Å². The first-order valence-corrected chi connectivity index (χ1v) is 7.09. The number of ether oxygens (including phenoxy) is 2. The van der Waals surface area contributed by atoms with Crippen molar-refractivity contribution in [2.45, 2.75) is 13.0 Å². The number of hydrogen-bond acceptors (Lipinski definition) is 5. The van der Waals surface area contributed by atoms with Crippen LogP contribution in [0.4, 0.5) is 13.2 Å². The summed E-state index contributed by atoms with van der Waals surface area (Å²) in [6, 6.07) is 12.4. The van der Waals surface area contributed by atoms with Gasteiger partial charge in [0.05, 0.1) is 6.61 Å². The largest absolute Gasteiger partial charge is 0.573 e. The quantitative estimate of drug-likeness (QED) is 0.733. The number of aromatic amines is 1. The van der Waals surface area contributed by atoms with Crippen LogP contribution in [0.1, 0.15) is 5.69 Å². The Balaban J connectivity index is 1.72. The van der Waals surface area contributed by atoms with Gasteiger partial charge in [0.2, 0.25) is 0 Å². The number of H-pyrrole nitrogens is 1. The standard InChI is InChI=1S/C16H12F3N3O3/c17-16(18,19)25-13-7-3-11(4-8-13)10-1-5-12(6-2-10)24-15-14(9-23)20-22-21-15/h1-8,23H,9H2,(H,20,21,22). The van der Waals surface area contributed by atoms with Gasteiger partial charge in [0.25, 0.3) is 5.88 Å². The van der Waals surface area contributed by atoms with Crippen molar-refractivity contribution in [1.29, 1.82) is 0 Å². The zero-order chi connectivity index (χ0) is 17.9. The van der Waals surface area contributed by atoms with Gasteiger partial charge in [0.15, 0.2) is 5.69 Å². The van der Waals surface area contributed by atoms with Crippen LogP contribution in [0, 0.1) is 0 Å². The highest BCUT2D eigenvalue weighted by molar-refractivity contribution is 5.65. The summed E-state index contributed by atoms with van der Waals surface area (Å²) in [6.07, 6.45) is -4.71. The van der Waals surface area contributed by atoms with E-state index in [0.29, 0.717) is 5.75 Å². The van der Waals surface area contributed by atoms with Crippen LogP contribution >= 0.6 is 0 Å². The Morgan fingerprint density at radius 1 is 0.880 bits per heavy atom. The maximum atomic E-state index is 12.2. The van der Waals surface area contributed by atoms with Crippen molar-refractivity contribution in [3.8, 4) is 28.5 Å². The summed E-state index contributed by atoms with van der Waals surface area (Å²) in [5.74, 6) is 0.368. The molecule has 6 nitrogen and oxygen atoms in total. The van der Waals surface area contributed by atoms with E-state index in [9.17, 15) is 13.2 Å². The third-order valence-corrected chi connectivity index (χ3v) is 3.22. The molecule has 0 amide bonds. The van der Waals surface area contributed by atoms with Crippen LogP contribution in [-0.2, 0) is 6.61 Å². The zero-order valence-electron chi connectivity index (χ0n) is 12.6. The van der Waals surface area contributed by atoms with Gasteiger partial charge < -0.3 is 14.6 Å². The van der Waals surface area contributed by atoms with Crippen molar-refractivity contribution in [3.05, 3.63) is 54.2 Å². The van der Waals surface area contributed by atoms with Gasteiger partial charge in [0, 0.05) is 0 Å². The molecule has 1 heterocycles. The van der Waals surface area contributed by atoms with Gasteiger partial charge in [-0.05, 0) is 35.4 Å². The van der Waals surface area contributed by atoms with E-state index in [-0.39, 0.29) is 23.9 Å². The van der Waals surface area contributed by atoms with Crippen LogP contribution in [0.3, 0.4) is 0 Å². The molecular formula is C16H12F3N3O3. The van der Waals surface area contributed by atoms with E-state index in [2.05, 4.69) is 20.1 Å². The van der Waals surface area contributed by atoms with Crippen LogP contribution in [0.25, 0.3) is 11.1 Å². The molecule has 0 atom stereocenters. The van der Waals surface area contributed by atoms with Crippen LogP contribution in [-0.4, -0.2) is 26.9 Å². The Morgan fingerprint density at radius 2 is 1.44 bits per heavy atom. The normalized spacial score (nSPS) is 11.4. The number of nitrogens with zero attached hydrogens (tertiary/aromatic N) is 2. The van der Waals surface area contributed by atoms with Crippen LogP contribution in [0.5, 0.6) is 17.4 Å². The molecule has 25 heavy (non-hydrogen) atoms. The fourth-order valence-corrected chi connectivity index (χ4v) is 2.10. The molecular weight excluding hydrogens is 339 g/mol. The molecule has 0 fully saturated rings. The van der Waals surface area contributed by atoms with Crippen molar-refractivity contribution < 1.29 is 27.8 Å². The number of halogens is 3. The summed E-state index contributed by atoms with van der Waals surface area (Å²) in [4.78, 5) is 0.